The number of anilines is 1. The first-order chi connectivity index (χ1) is 9.08. The average Bonchev–Trinajstić information content (AvgIpc) is 2.38. The molecule has 0 fully saturated rings. The van der Waals surface area contributed by atoms with Gasteiger partial charge < -0.3 is 15.0 Å². The Bertz CT molecular complexity index is 485. The lowest BCUT2D eigenvalue weighted by Gasteiger charge is -2.19. The summed E-state index contributed by atoms with van der Waals surface area (Å²) in [7, 11) is 3.37. The van der Waals surface area contributed by atoms with E-state index in [0.717, 1.165) is 5.69 Å². The van der Waals surface area contributed by atoms with E-state index >= 15 is 0 Å². The van der Waals surface area contributed by atoms with Crippen LogP contribution in [0.2, 0.25) is 5.02 Å². The molecule has 0 unspecified atom stereocenters. The number of hydrogen-bond donors (Lipinski definition) is 1. The van der Waals surface area contributed by atoms with Crippen molar-refractivity contribution in [1.29, 1.82) is 5.26 Å². The van der Waals surface area contributed by atoms with E-state index in [9.17, 15) is 4.79 Å². The lowest BCUT2D eigenvalue weighted by molar-refractivity contribution is -0.119. The number of carbonyl (C=O) groups excluding carboxylic acids is 1. The summed E-state index contributed by atoms with van der Waals surface area (Å²) in [5.41, 5.74) is 1.20. The minimum absolute atomic E-state index is 0.0972. The van der Waals surface area contributed by atoms with Crippen molar-refractivity contribution in [3.63, 3.8) is 0 Å². The van der Waals surface area contributed by atoms with Gasteiger partial charge in [-0.15, -0.1) is 0 Å². The normalized spacial score (nSPS) is 9.79. The van der Waals surface area contributed by atoms with Crippen molar-refractivity contribution < 1.29 is 9.53 Å². The van der Waals surface area contributed by atoms with Crippen LogP contribution in [-0.4, -0.2) is 39.8 Å². The monoisotopic (exact) mass is 281 g/mol. The van der Waals surface area contributed by atoms with Crippen molar-refractivity contribution in [2.45, 2.75) is 0 Å². The lowest BCUT2D eigenvalue weighted by atomic mass is 10.2. The van der Waals surface area contributed by atoms with E-state index in [-0.39, 0.29) is 12.5 Å². The van der Waals surface area contributed by atoms with Crippen molar-refractivity contribution >= 4 is 23.2 Å². The van der Waals surface area contributed by atoms with Crippen LogP contribution in [0.3, 0.4) is 0 Å². The second-order valence-corrected chi connectivity index (χ2v) is 4.38. The second kappa shape index (κ2) is 7.62. The Kier molecular flexibility index (Phi) is 6.13. The summed E-state index contributed by atoms with van der Waals surface area (Å²) in [5.74, 6) is -0.0972. The zero-order valence-corrected chi connectivity index (χ0v) is 11.7. The van der Waals surface area contributed by atoms with Gasteiger partial charge in [-0.25, -0.2) is 0 Å². The number of halogens is 1. The topological polar surface area (TPSA) is 65.4 Å². The van der Waals surface area contributed by atoms with Crippen LogP contribution in [0, 0.1) is 11.3 Å². The number of rotatable bonds is 6. The number of hydrogen-bond acceptors (Lipinski definition) is 4. The van der Waals surface area contributed by atoms with Crippen LogP contribution in [0.25, 0.3) is 0 Å². The molecule has 1 aromatic rings. The average molecular weight is 282 g/mol. The van der Waals surface area contributed by atoms with Crippen molar-refractivity contribution in [1.82, 2.24) is 5.32 Å². The van der Waals surface area contributed by atoms with E-state index < -0.39 is 0 Å². The summed E-state index contributed by atoms with van der Waals surface area (Å²) >= 11 is 5.95. The molecule has 102 valence electrons. The van der Waals surface area contributed by atoms with Gasteiger partial charge in [0.1, 0.15) is 6.07 Å². The highest BCUT2D eigenvalue weighted by molar-refractivity contribution is 6.32. The zero-order chi connectivity index (χ0) is 14.3. The summed E-state index contributed by atoms with van der Waals surface area (Å²) in [5, 5.41) is 11.9. The van der Waals surface area contributed by atoms with Crippen LogP contribution in [0.1, 0.15) is 5.56 Å². The fraction of sp³-hybridized carbons (Fsp3) is 0.385. The summed E-state index contributed by atoms with van der Waals surface area (Å²) in [6.45, 7) is 1.18. The van der Waals surface area contributed by atoms with Crippen molar-refractivity contribution in [2.24, 2.45) is 0 Å². The van der Waals surface area contributed by atoms with Gasteiger partial charge in [-0.05, 0) is 18.2 Å². The molecule has 0 aliphatic rings. The number of likely N-dealkylation sites (N-methyl/N-ethyl adjacent to an activating group) is 1. The van der Waals surface area contributed by atoms with Gasteiger partial charge in [0.2, 0.25) is 5.91 Å². The maximum absolute atomic E-state index is 11.6. The molecule has 1 N–H and O–H groups in total. The Balaban J connectivity index is 2.58. The molecule has 0 aliphatic heterocycles. The van der Waals surface area contributed by atoms with Gasteiger partial charge >= 0.3 is 0 Å². The van der Waals surface area contributed by atoms with Crippen molar-refractivity contribution in [3.05, 3.63) is 28.8 Å². The molecule has 6 heteroatoms. The third kappa shape index (κ3) is 4.78. The number of ether oxygens (including phenoxy) is 1. The lowest BCUT2D eigenvalue weighted by Crippen LogP contribution is -2.36. The van der Waals surface area contributed by atoms with E-state index in [1.54, 1.807) is 37.3 Å². The Morgan fingerprint density at radius 2 is 2.32 bits per heavy atom. The third-order valence-corrected chi connectivity index (χ3v) is 2.84. The SMILES string of the molecule is COCCNC(=O)CN(C)c1ccc(C#N)c(Cl)c1. The Hall–Kier alpha value is -1.77. The van der Waals surface area contributed by atoms with Gasteiger partial charge in [0.15, 0.2) is 0 Å². The summed E-state index contributed by atoms with van der Waals surface area (Å²) < 4.78 is 4.85. The molecule has 1 aromatic carbocycles. The molecule has 0 aromatic heterocycles. The van der Waals surface area contributed by atoms with Crippen molar-refractivity contribution in [2.75, 3.05) is 38.8 Å². The summed E-state index contributed by atoms with van der Waals surface area (Å²) in [4.78, 5) is 13.4. The van der Waals surface area contributed by atoms with Crippen LogP contribution in [0.5, 0.6) is 0 Å². The van der Waals surface area contributed by atoms with Crippen LogP contribution in [0.15, 0.2) is 18.2 Å². The summed E-state index contributed by atoms with van der Waals surface area (Å²) in [6.07, 6.45) is 0. The minimum atomic E-state index is -0.0972. The highest BCUT2D eigenvalue weighted by atomic mass is 35.5. The smallest absolute Gasteiger partial charge is 0.239 e. The molecule has 1 amide bonds. The number of amides is 1. The predicted molar refractivity (Wildman–Crippen MR) is 74.3 cm³/mol. The minimum Gasteiger partial charge on any atom is -0.383 e. The molecule has 19 heavy (non-hydrogen) atoms. The molecule has 0 radical (unpaired) electrons. The Morgan fingerprint density at radius 1 is 1.58 bits per heavy atom. The van der Waals surface area contributed by atoms with Gasteiger partial charge in [0.05, 0.1) is 23.7 Å². The number of carbonyl (C=O) groups is 1. The van der Waals surface area contributed by atoms with Crippen LogP contribution in [-0.2, 0) is 9.53 Å². The van der Waals surface area contributed by atoms with Gasteiger partial charge in [-0.3, -0.25) is 4.79 Å². The van der Waals surface area contributed by atoms with Crippen LogP contribution >= 0.6 is 11.6 Å². The number of nitrogens with one attached hydrogen (secondary N) is 1. The van der Waals surface area contributed by atoms with E-state index in [4.69, 9.17) is 21.6 Å². The molecule has 0 aliphatic carbocycles. The van der Waals surface area contributed by atoms with Crippen LogP contribution in [0.4, 0.5) is 5.69 Å². The van der Waals surface area contributed by atoms with Crippen LogP contribution < -0.4 is 10.2 Å². The molecule has 0 spiro atoms. The highest BCUT2D eigenvalue weighted by Crippen LogP contribution is 2.22. The zero-order valence-electron chi connectivity index (χ0n) is 10.9. The Morgan fingerprint density at radius 3 is 2.89 bits per heavy atom. The largest absolute Gasteiger partial charge is 0.383 e. The van der Waals surface area contributed by atoms with E-state index in [1.807, 2.05) is 6.07 Å². The standard InChI is InChI=1S/C13H16ClN3O2/c1-17(9-13(18)16-5-6-19-2)11-4-3-10(8-15)12(14)7-11/h3-4,7H,5-6,9H2,1-2H3,(H,16,18). The quantitative estimate of drug-likeness (QED) is 0.801. The highest BCUT2D eigenvalue weighted by Gasteiger charge is 2.09. The molecular weight excluding hydrogens is 266 g/mol. The maximum Gasteiger partial charge on any atom is 0.239 e. The molecular formula is C13H16ClN3O2. The fourth-order valence-electron chi connectivity index (χ4n) is 1.49. The number of benzene rings is 1. The fourth-order valence-corrected chi connectivity index (χ4v) is 1.70. The Labute approximate surface area is 117 Å². The van der Waals surface area contributed by atoms with Gasteiger partial charge in [-0.1, -0.05) is 11.6 Å². The van der Waals surface area contributed by atoms with E-state index in [1.165, 1.54) is 0 Å². The van der Waals surface area contributed by atoms with Crippen molar-refractivity contribution in [3.8, 4) is 6.07 Å². The third-order valence-electron chi connectivity index (χ3n) is 2.52. The molecule has 0 heterocycles. The van der Waals surface area contributed by atoms with E-state index in [2.05, 4.69) is 5.32 Å². The maximum atomic E-state index is 11.6. The number of nitriles is 1. The molecule has 1 rings (SSSR count). The molecule has 0 atom stereocenters. The molecule has 0 saturated heterocycles. The number of methoxy groups -OCH3 is 1. The predicted octanol–water partition coefficient (Wildman–Crippen LogP) is 1.41. The molecule has 0 saturated carbocycles. The van der Waals surface area contributed by atoms with Gasteiger partial charge in [-0.2, -0.15) is 5.26 Å². The molecule has 0 bridgehead atoms. The summed E-state index contributed by atoms with van der Waals surface area (Å²) in [6, 6.07) is 7.05. The number of nitrogens with zero attached hydrogens (tertiary/aromatic N) is 2. The first-order valence-electron chi connectivity index (χ1n) is 5.75. The van der Waals surface area contributed by atoms with Gasteiger partial charge in [0, 0.05) is 26.4 Å². The van der Waals surface area contributed by atoms with Gasteiger partial charge in [0.25, 0.3) is 0 Å². The molecule has 5 nitrogen and oxygen atoms in total. The first kappa shape index (κ1) is 15.3. The second-order valence-electron chi connectivity index (χ2n) is 3.97. The first-order valence-corrected chi connectivity index (χ1v) is 6.12. The van der Waals surface area contributed by atoms with E-state index in [0.29, 0.717) is 23.7 Å².